The van der Waals surface area contributed by atoms with Gasteiger partial charge in [0.15, 0.2) is 0 Å². The Balaban J connectivity index is 1.56. The molecule has 0 aliphatic carbocycles. The fraction of sp³-hybridized carbons (Fsp3) is 0. The molecule has 0 saturated heterocycles. The van der Waals surface area contributed by atoms with E-state index >= 15 is 0 Å². The first kappa shape index (κ1) is 18.7. The number of carbonyl (C=O) groups excluding carboxylic acids is 1. The molecule has 0 aliphatic rings. The van der Waals surface area contributed by atoms with Crippen LogP contribution in [0.2, 0.25) is 0 Å². The van der Waals surface area contributed by atoms with Crippen molar-refractivity contribution in [2.45, 2.75) is 0 Å². The molecule has 138 valence electrons. The summed E-state index contributed by atoms with van der Waals surface area (Å²) in [5.41, 5.74) is 2.68. The van der Waals surface area contributed by atoms with Crippen molar-refractivity contribution in [2.24, 2.45) is 0 Å². The number of non-ortho nitro benzene ring substituents is 1. The van der Waals surface area contributed by atoms with Crippen LogP contribution in [0.3, 0.4) is 0 Å². The second-order valence-electron chi connectivity index (χ2n) is 5.79. The molecule has 6 nitrogen and oxygen atoms in total. The minimum atomic E-state index is -0.529. The molecule has 0 amide bonds. The normalized spacial score (nSPS) is 11.0. The van der Waals surface area contributed by atoms with Crippen LogP contribution in [0, 0.1) is 10.1 Å². The lowest BCUT2D eigenvalue weighted by molar-refractivity contribution is -0.384. The van der Waals surface area contributed by atoms with E-state index in [9.17, 15) is 14.9 Å². The quantitative estimate of drug-likeness (QED) is 0.204. The lowest BCUT2D eigenvalue weighted by Crippen LogP contribution is -2.03. The van der Waals surface area contributed by atoms with E-state index in [0.717, 1.165) is 11.1 Å². The number of aromatic nitrogens is 1. The molecule has 0 unspecified atom stereocenters. The summed E-state index contributed by atoms with van der Waals surface area (Å²) >= 11 is 0. The average molecular weight is 372 g/mol. The van der Waals surface area contributed by atoms with Crippen molar-refractivity contribution in [3.8, 4) is 5.75 Å². The van der Waals surface area contributed by atoms with Crippen molar-refractivity contribution in [1.29, 1.82) is 0 Å². The number of ether oxygens (including phenoxy) is 1. The van der Waals surface area contributed by atoms with Gasteiger partial charge in [0, 0.05) is 30.6 Å². The van der Waals surface area contributed by atoms with Gasteiger partial charge in [-0.15, -0.1) is 0 Å². The predicted molar refractivity (Wildman–Crippen MR) is 107 cm³/mol. The van der Waals surface area contributed by atoms with E-state index < -0.39 is 10.9 Å². The molecule has 1 aromatic heterocycles. The Morgan fingerprint density at radius 3 is 1.96 bits per heavy atom. The number of hydrogen-bond donors (Lipinski definition) is 0. The zero-order valence-electron chi connectivity index (χ0n) is 14.8. The van der Waals surface area contributed by atoms with Gasteiger partial charge in [0.25, 0.3) is 5.69 Å². The third-order valence-electron chi connectivity index (χ3n) is 3.79. The minimum Gasteiger partial charge on any atom is -0.423 e. The van der Waals surface area contributed by atoms with Crippen molar-refractivity contribution in [2.75, 3.05) is 0 Å². The van der Waals surface area contributed by atoms with E-state index in [1.807, 2.05) is 36.4 Å². The standard InChI is InChI=1S/C22H16N2O4/c25-22(12-7-18-3-8-20(9-4-18)24(26)27)28-21-10-5-17(6-11-21)1-2-19-13-15-23-16-14-19/h1-16H/b2-1+,12-7+. The third-order valence-corrected chi connectivity index (χ3v) is 3.79. The second kappa shape index (κ2) is 9.05. The van der Waals surface area contributed by atoms with Crippen LogP contribution in [-0.4, -0.2) is 15.9 Å². The van der Waals surface area contributed by atoms with Gasteiger partial charge in [-0.1, -0.05) is 24.3 Å². The first-order valence-electron chi connectivity index (χ1n) is 8.43. The van der Waals surface area contributed by atoms with Gasteiger partial charge in [-0.2, -0.15) is 0 Å². The summed E-state index contributed by atoms with van der Waals surface area (Å²) in [5.74, 6) is -0.0992. The predicted octanol–water partition coefficient (Wildman–Crippen LogP) is 4.78. The van der Waals surface area contributed by atoms with Crippen molar-refractivity contribution < 1.29 is 14.5 Å². The van der Waals surface area contributed by atoms with Crippen LogP contribution < -0.4 is 4.74 Å². The number of esters is 1. The number of nitrogens with zero attached hydrogens (tertiary/aromatic N) is 2. The minimum absolute atomic E-state index is 0.00204. The van der Waals surface area contributed by atoms with Gasteiger partial charge in [0.2, 0.25) is 0 Å². The number of rotatable bonds is 6. The van der Waals surface area contributed by atoms with Crippen molar-refractivity contribution in [1.82, 2.24) is 4.98 Å². The Labute approximate surface area is 161 Å². The van der Waals surface area contributed by atoms with E-state index in [1.165, 1.54) is 24.3 Å². The Morgan fingerprint density at radius 2 is 1.36 bits per heavy atom. The molecule has 6 heteroatoms. The fourth-order valence-electron chi connectivity index (χ4n) is 2.34. The summed E-state index contributed by atoms with van der Waals surface area (Å²) in [6.45, 7) is 0. The number of nitro groups is 1. The van der Waals surface area contributed by atoms with E-state index in [1.54, 1.807) is 36.7 Å². The van der Waals surface area contributed by atoms with Gasteiger partial charge in [0.05, 0.1) is 4.92 Å². The Kier molecular flexibility index (Phi) is 6.05. The molecule has 3 aromatic rings. The highest BCUT2D eigenvalue weighted by Crippen LogP contribution is 2.16. The summed E-state index contributed by atoms with van der Waals surface area (Å²) in [4.78, 5) is 26.0. The zero-order chi connectivity index (χ0) is 19.8. The van der Waals surface area contributed by atoms with Crippen LogP contribution in [0.5, 0.6) is 5.75 Å². The van der Waals surface area contributed by atoms with E-state index in [4.69, 9.17) is 4.74 Å². The maximum atomic E-state index is 11.9. The summed E-state index contributed by atoms with van der Waals surface area (Å²) in [6, 6.07) is 16.8. The first-order valence-corrected chi connectivity index (χ1v) is 8.43. The average Bonchev–Trinajstić information content (AvgIpc) is 2.73. The summed E-state index contributed by atoms with van der Waals surface area (Å²) < 4.78 is 5.25. The zero-order valence-corrected chi connectivity index (χ0v) is 14.8. The molecule has 0 saturated carbocycles. The highest BCUT2D eigenvalue weighted by atomic mass is 16.6. The van der Waals surface area contributed by atoms with Crippen LogP contribution in [-0.2, 0) is 4.79 Å². The second-order valence-corrected chi connectivity index (χ2v) is 5.79. The summed E-state index contributed by atoms with van der Waals surface area (Å²) in [6.07, 6.45) is 10.2. The van der Waals surface area contributed by atoms with Crippen LogP contribution in [0.4, 0.5) is 5.69 Å². The summed E-state index contributed by atoms with van der Waals surface area (Å²) in [5, 5.41) is 10.6. The molecule has 0 bridgehead atoms. The molecule has 2 aromatic carbocycles. The maximum absolute atomic E-state index is 11.9. The smallest absolute Gasteiger partial charge is 0.336 e. The highest BCUT2D eigenvalue weighted by molar-refractivity contribution is 5.88. The first-order chi connectivity index (χ1) is 13.6. The van der Waals surface area contributed by atoms with Gasteiger partial charge >= 0.3 is 5.97 Å². The molecular weight excluding hydrogens is 356 g/mol. The Bertz CT molecular complexity index is 1010. The molecule has 0 radical (unpaired) electrons. The van der Waals surface area contributed by atoms with Crippen molar-refractivity contribution in [3.63, 3.8) is 0 Å². The van der Waals surface area contributed by atoms with Gasteiger partial charge in [-0.25, -0.2) is 4.79 Å². The number of pyridine rings is 1. The van der Waals surface area contributed by atoms with E-state index in [-0.39, 0.29) is 5.69 Å². The summed E-state index contributed by atoms with van der Waals surface area (Å²) in [7, 11) is 0. The molecule has 0 N–H and O–H groups in total. The van der Waals surface area contributed by atoms with Crippen LogP contribution in [0.15, 0.2) is 79.1 Å². The third kappa shape index (κ3) is 5.47. The monoisotopic (exact) mass is 372 g/mol. The number of nitro benzene ring substituents is 1. The lowest BCUT2D eigenvalue weighted by Gasteiger charge is -2.02. The molecule has 0 atom stereocenters. The van der Waals surface area contributed by atoms with Crippen molar-refractivity contribution in [3.05, 3.63) is 106 Å². The van der Waals surface area contributed by atoms with Gasteiger partial charge < -0.3 is 4.74 Å². The number of benzene rings is 2. The molecule has 28 heavy (non-hydrogen) atoms. The molecular formula is C22H16N2O4. The Morgan fingerprint density at radius 1 is 0.821 bits per heavy atom. The molecule has 0 fully saturated rings. The maximum Gasteiger partial charge on any atom is 0.336 e. The van der Waals surface area contributed by atoms with Crippen molar-refractivity contribution >= 4 is 29.9 Å². The topological polar surface area (TPSA) is 82.3 Å². The van der Waals surface area contributed by atoms with Gasteiger partial charge in [-0.3, -0.25) is 15.1 Å². The Hall–Kier alpha value is -4.06. The van der Waals surface area contributed by atoms with Crippen LogP contribution >= 0.6 is 0 Å². The van der Waals surface area contributed by atoms with Gasteiger partial charge in [0.1, 0.15) is 5.75 Å². The number of carbonyl (C=O) groups is 1. The van der Waals surface area contributed by atoms with Crippen LogP contribution in [0.1, 0.15) is 16.7 Å². The van der Waals surface area contributed by atoms with E-state index in [2.05, 4.69) is 4.98 Å². The molecule has 1 heterocycles. The fourth-order valence-corrected chi connectivity index (χ4v) is 2.34. The molecule has 0 spiro atoms. The number of hydrogen-bond acceptors (Lipinski definition) is 5. The van der Waals surface area contributed by atoms with Crippen LogP contribution in [0.25, 0.3) is 18.2 Å². The largest absolute Gasteiger partial charge is 0.423 e. The molecule has 3 rings (SSSR count). The lowest BCUT2D eigenvalue weighted by atomic mass is 10.1. The SMILES string of the molecule is O=C(/C=C/c1ccc([N+](=O)[O-])cc1)Oc1ccc(/C=C/c2ccncc2)cc1. The van der Waals surface area contributed by atoms with E-state index in [0.29, 0.717) is 11.3 Å². The molecule has 0 aliphatic heterocycles. The highest BCUT2D eigenvalue weighted by Gasteiger charge is 2.03. The van der Waals surface area contributed by atoms with Gasteiger partial charge in [-0.05, 0) is 59.2 Å².